The zero-order valence-corrected chi connectivity index (χ0v) is 20.9. The fourth-order valence-corrected chi connectivity index (χ4v) is 5.49. The SMILES string of the molecule is C=Cc1ccc2c3ccc(-c4cc(-c5ccccc5)nc(-c5ccccc5)c4)cc3c3ccccc3c2c1. The summed E-state index contributed by atoms with van der Waals surface area (Å²) in [5.74, 6) is 0. The highest BCUT2D eigenvalue weighted by Crippen LogP contribution is 2.38. The fraction of sp³-hybridized carbons (Fsp3) is 0. The molecule has 0 aliphatic carbocycles. The second-order valence-electron chi connectivity index (χ2n) is 9.67. The molecule has 6 aromatic carbocycles. The first kappa shape index (κ1) is 22.2. The van der Waals surface area contributed by atoms with Crippen molar-refractivity contribution in [2.45, 2.75) is 0 Å². The summed E-state index contributed by atoms with van der Waals surface area (Å²) in [7, 11) is 0. The van der Waals surface area contributed by atoms with Crippen molar-refractivity contribution in [1.29, 1.82) is 0 Å². The predicted octanol–water partition coefficient (Wildman–Crippen LogP) is 10.2. The minimum Gasteiger partial charge on any atom is -0.248 e. The minimum absolute atomic E-state index is 0.974. The third kappa shape index (κ3) is 3.77. The number of rotatable bonds is 4. The van der Waals surface area contributed by atoms with E-state index in [9.17, 15) is 0 Å². The molecule has 0 radical (unpaired) electrons. The van der Waals surface area contributed by atoms with Crippen molar-refractivity contribution in [2.24, 2.45) is 0 Å². The average molecular weight is 484 g/mol. The van der Waals surface area contributed by atoms with Gasteiger partial charge in [0.25, 0.3) is 0 Å². The van der Waals surface area contributed by atoms with E-state index in [0.29, 0.717) is 0 Å². The van der Waals surface area contributed by atoms with Gasteiger partial charge in [0, 0.05) is 11.1 Å². The molecule has 1 heterocycles. The Morgan fingerprint density at radius 3 is 1.47 bits per heavy atom. The number of nitrogens with zero attached hydrogens (tertiary/aromatic N) is 1. The topological polar surface area (TPSA) is 12.9 Å². The zero-order chi connectivity index (χ0) is 25.5. The van der Waals surface area contributed by atoms with E-state index in [2.05, 4.69) is 128 Å². The summed E-state index contributed by atoms with van der Waals surface area (Å²) in [6.07, 6.45) is 1.92. The van der Waals surface area contributed by atoms with Gasteiger partial charge in [-0.25, -0.2) is 4.98 Å². The van der Waals surface area contributed by atoms with E-state index in [4.69, 9.17) is 4.98 Å². The van der Waals surface area contributed by atoms with Gasteiger partial charge in [0.15, 0.2) is 0 Å². The van der Waals surface area contributed by atoms with Crippen molar-refractivity contribution >= 4 is 38.4 Å². The Morgan fingerprint density at radius 2 is 0.895 bits per heavy atom. The summed E-state index contributed by atoms with van der Waals surface area (Å²) in [6.45, 7) is 3.98. The van der Waals surface area contributed by atoms with Gasteiger partial charge in [-0.15, -0.1) is 0 Å². The Hall–Kier alpha value is -5.01. The van der Waals surface area contributed by atoms with Crippen LogP contribution in [0.25, 0.3) is 72.0 Å². The highest BCUT2D eigenvalue weighted by molar-refractivity contribution is 6.26. The van der Waals surface area contributed by atoms with Crippen LogP contribution in [0.5, 0.6) is 0 Å². The quantitative estimate of drug-likeness (QED) is 0.227. The lowest BCUT2D eigenvalue weighted by atomic mass is 9.91. The summed E-state index contributed by atoms with van der Waals surface area (Å²) in [6, 6.07) is 47.5. The number of fused-ring (bicyclic) bond motifs is 6. The second kappa shape index (κ2) is 9.14. The van der Waals surface area contributed by atoms with Crippen LogP contribution in [-0.4, -0.2) is 4.98 Å². The monoisotopic (exact) mass is 483 g/mol. The summed E-state index contributed by atoms with van der Waals surface area (Å²) >= 11 is 0. The zero-order valence-electron chi connectivity index (χ0n) is 20.9. The van der Waals surface area contributed by atoms with Crippen LogP contribution in [0.1, 0.15) is 5.56 Å². The van der Waals surface area contributed by atoms with Gasteiger partial charge >= 0.3 is 0 Å². The number of aromatic nitrogens is 1. The lowest BCUT2D eigenvalue weighted by Crippen LogP contribution is -1.91. The number of hydrogen-bond acceptors (Lipinski definition) is 1. The summed E-state index contributed by atoms with van der Waals surface area (Å²) in [5.41, 5.74) is 7.65. The van der Waals surface area contributed by atoms with Crippen LogP contribution in [0.4, 0.5) is 0 Å². The maximum absolute atomic E-state index is 5.06. The molecule has 0 bridgehead atoms. The third-order valence-corrected chi connectivity index (χ3v) is 7.39. The fourth-order valence-electron chi connectivity index (χ4n) is 5.49. The second-order valence-corrected chi connectivity index (χ2v) is 9.67. The average Bonchev–Trinajstić information content (AvgIpc) is 3.01. The number of hydrogen-bond donors (Lipinski definition) is 0. The highest BCUT2D eigenvalue weighted by Gasteiger charge is 2.13. The molecule has 38 heavy (non-hydrogen) atoms. The Kier molecular flexibility index (Phi) is 5.34. The highest BCUT2D eigenvalue weighted by atomic mass is 14.7. The molecule has 1 aromatic heterocycles. The van der Waals surface area contributed by atoms with Gasteiger partial charge < -0.3 is 0 Å². The Bertz CT molecular complexity index is 1890. The van der Waals surface area contributed by atoms with Gasteiger partial charge in [0.2, 0.25) is 0 Å². The number of pyridine rings is 1. The molecule has 7 rings (SSSR count). The third-order valence-electron chi connectivity index (χ3n) is 7.39. The maximum Gasteiger partial charge on any atom is 0.0715 e. The first-order valence-electron chi connectivity index (χ1n) is 12.9. The van der Waals surface area contributed by atoms with Crippen molar-refractivity contribution in [1.82, 2.24) is 4.98 Å². The Labute approximate surface area is 222 Å². The maximum atomic E-state index is 5.06. The van der Waals surface area contributed by atoms with Crippen LogP contribution in [-0.2, 0) is 0 Å². The molecule has 0 aliphatic rings. The van der Waals surface area contributed by atoms with Gasteiger partial charge in [0.05, 0.1) is 11.4 Å². The van der Waals surface area contributed by atoms with E-state index in [0.717, 1.165) is 33.6 Å². The molecule has 0 aliphatic heterocycles. The van der Waals surface area contributed by atoms with Gasteiger partial charge in [-0.05, 0) is 73.3 Å². The molecule has 0 amide bonds. The van der Waals surface area contributed by atoms with Gasteiger partial charge in [-0.1, -0.05) is 122 Å². The molecule has 0 atom stereocenters. The largest absolute Gasteiger partial charge is 0.248 e. The van der Waals surface area contributed by atoms with E-state index in [-0.39, 0.29) is 0 Å². The first-order valence-corrected chi connectivity index (χ1v) is 12.9. The summed E-state index contributed by atoms with van der Waals surface area (Å²) in [4.78, 5) is 5.06. The molecular formula is C37H25N. The van der Waals surface area contributed by atoms with Gasteiger partial charge in [-0.3, -0.25) is 0 Å². The molecule has 1 nitrogen and oxygen atoms in total. The predicted molar refractivity (Wildman–Crippen MR) is 163 cm³/mol. The molecule has 7 aromatic rings. The van der Waals surface area contributed by atoms with E-state index in [1.54, 1.807) is 0 Å². The van der Waals surface area contributed by atoms with Crippen molar-refractivity contribution in [3.63, 3.8) is 0 Å². The molecule has 0 fully saturated rings. The van der Waals surface area contributed by atoms with Crippen molar-refractivity contribution < 1.29 is 0 Å². The normalized spacial score (nSPS) is 11.3. The standard InChI is InChI=1S/C37H25N/c1-2-25-17-19-32-33-20-18-28(22-35(33)31-16-10-9-15-30(31)34(32)21-25)29-23-36(26-11-5-3-6-12-26)38-37(24-29)27-13-7-4-8-14-27/h2-24H,1H2. The first-order chi connectivity index (χ1) is 18.8. The molecule has 0 saturated heterocycles. The molecule has 0 N–H and O–H groups in total. The lowest BCUT2D eigenvalue weighted by Gasteiger charge is -2.14. The Morgan fingerprint density at radius 1 is 0.395 bits per heavy atom. The van der Waals surface area contributed by atoms with Crippen molar-refractivity contribution in [3.05, 3.63) is 146 Å². The van der Waals surface area contributed by atoms with E-state index >= 15 is 0 Å². The Balaban J connectivity index is 1.50. The molecule has 0 saturated carbocycles. The van der Waals surface area contributed by atoms with Crippen LogP contribution < -0.4 is 0 Å². The van der Waals surface area contributed by atoms with E-state index in [1.165, 1.54) is 37.9 Å². The van der Waals surface area contributed by atoms with E-state index in [1.807, 2.05) is 18.2 Å². The molecule has 0 unspecified atom stereocenters. The molecular weight excluding hydrogens is 458 g/mol. The summed E-state index contributed by atoms with van der Waals surface area (Å²) < 4.78 is 0. The van der Waals surface area contributed by atoms with Crippen LogP contribution >= 0.6 is 0 Å². The van der Waals surface area contributed by atoms with Crippen molar-refractivity contribution in [3.8, 4) is 33.6 Å². The summed E-state index contributed by atoms with van der Waals surface area (Å²) in [5, 5.41) is 7.58. The minimum atomic E-state index is 0.974. The van der Waals surface area contributed by atoms with Crippen molar-refractivity contribution in [2.75, 3.05) is 0 Å². The molecule has 178 valence electrons. The van der Waals surface area contributed by atoms with Crippen LogP contribution in [0, 0.1) is 0 Å². The molecule has 1 heteroatoms. The van der Waals surface area contributed by atoms with E-state index < -0.39 is 0 Å². The van der Waals surface area contributed by atoms with Gasteiger partial charge in [0.1, 0.15) is 0 Å². The van der Waals surface area contributed by atoms with Crippen LogP contribution in [0.2, 0.25) is 0 Å². The van der Waals surface area contributed by atoms with Crippen LogP contribution in [0.3, 0.4) is 0 Å². The van der Waals surface area contributed by atoms with Crippen LogP contribution in [0.15, 0.2) is 140 Å². The number of benzene rings is 6. The smallest absolute Gasteiger partial charge is 0.0715 e. The van der Waals surface area contributed by atoms with Gasteiger partial charge in [-0.2, -0.15) is 0 Å². The molecule has 0 spiro atoms. The lowest BCUT2D eigenvalue weighted by molar-refractivity contribution is 1.32.